The standard InChI is InChI=1S/C13H23NO4/c14-7-3-4-12(16-9-2-1-8-15)5-6-13-17-10-11-18-13/h12-13,15H,1-6,8-11H2. The lowest BCUT2D eigenvalue weighted by Gasteiger charge is -2.18. The van der Waals surface area contributed by atoms with Gasteiger partial charge in [-0.05, 0) is 25.7 Å². The normalized spacial score (nSPS) is 17.8. The van der Waals surface area contributed by atoms with Crippen LogP contribution in [0.15, 0.2) is 0 Å². The first-order valence-electron chi connectivity index (χ1n) is 6.69. The highest BCUT2D eigenvalue weighted by Gasteiger charge is 2.18. The molecule has 1 rings (SSSR count). The van der Waals surface area contributed by atoms with Crippen molar-refractivity contribution in [1.29, 1.82) is 5.26 Å². The molecule has 1 N–H and O–H groups in total. The molecular weight excluding hydrogens is 234 g/mol. The molecule has 5 heteroatoms. The van der Waals surface area contributed by atoms with Crippen LogP contribution in [0.4, 0.5) is 0 Å². The van der Waals surface area contributed by atoms with Crippen LogP contribution in [-0.4, -0.2) is 43.9 Å². The predicted molar refractivity (Wildman–Crippen MR) is 65.8 cm³/mol. The first-order chi connectivity index (χ1) is 8.86. The Labute approximate surface area is 109 Å². The largest absolute Gasteiger partial charge is 0.396 e. The molecule has 1 unspecified atom stereocenters. The molecule has 0 bridgehead atoms. The third-order valence-electron chi connectivity index (χ3n) is 2.90. The molecule has 0 radical (unpaired) electrons. The van der Waals surface area contributed by atoms with Crippen LogP contribution >= 0.6 is 0 Å². The predicted octanol–water partition coefficient (Wildman–Crippen LogP) is 1.60. The maximum atomic E-state index is 8.69. The van der Waals surface area contributed by atoms with Gasteiger partial charge in [0.15, 0.2) is 6.29 Å². The minimum absolute atomic E-state index is 0.0937. The van der Waals surface area contributed by atoms with Gasteiger partial charge in [-0.1, -0.05) is 0 Å². The average Bonchev–Trinajstić information content (AvgIpc) is 2.90. The van der Waals surface area contributed by atoms with Gasteiger partial charge in [-0.25, -0.2) is 0 Å². The van der Waals surface area contributed by atoms with Gasteiger partial charge in [0.2, 0.25) is 0 Å². The highest BCUT2D eigenvalue weighted by molar-refractivity contribution is 4.73. The van der Waals surface area contributed by atoms with E-state index in [-0.39, 0.29) is 19.0 Å². The van der Waals surface area contributed by atoms with Crippen molar-refractivity contribution < 1.29 is 19.3 Å². The van der Waals surface area contributed by atoms with E-state index in [1.165, 1.54) is 0 Å². The van der Waals surface area contributed by atoms with E-state index in [1.807, 2.05) is 0 Å². The van der Waals surface area contributed by atoms with Crippen molar-refractivity contribution in [2.75, 3.05) is 26.4 Å². The fourth-order valence-electron chi connectivity index (χ4n) is 1.90. The molecule has 0 aromatic carbocycles. The molecule has 1 heterocycles. The van der Waals surface area contributed by atoms with E-state index in [0.29, 0.717) is 26.2 Å². The number of unbranched alkanes of at least 4 members (excludes halogenated alkanes) is 1. The van der Waals surface area contributed by atoms with Gasteiger partial charge in [-0.3, -0.25) is 0 Å². The summed E-state index contributed by atoms with van der Waals surface area (Å²) in [6.07, 6.45) is 4.54. The Bertz CT molecular complexity index is 236. The summed E-state index contributed by atoms with van der Waals surface area (Å²) in [6, 6.07) is 2.15. The number of ether oxygens (including phenoxy) is 3. The Morgan fingerprint density at radius 1 is 1.28 bits per heavy atom. The summed E-state index contributed by atoms with van der Waals surface area (Å²) < 4.78 is 16.5. The topological polar surface area (TPSA) is 71.7 Å². The average molecular weight is 257 g/mol. The summed E-state index contributed by atoms with van der Waals surface area (Å²) in [5.41, 5.74) is 0. The molecule has 1 aliphatic heterocycles. The quantitative estimate of drug-likeness (QED) is 0.602. The number of aliphatic hydroxyl groups excluding tert-OH is 1. The van der Waals surface area contributed by atoms with E-state index in [2.05, 4.69) is 6.07 Å². The number of nitriles is 1. The van der Waals surface area contributed by atoms with Crippen LogP contribution < -0.4 is 0 Å². The molecular formula is C13H23NO4. The Hall–Kier alpha value is -0.670. The van der Waals surface area contributed by atoms with E-state index < -0.39 is 0 Å². The van der Waals surface area contributed by atoms with Gasteiger partial charge in [0.1, 0.15) is 0 Å². The molecule has 0 saturated carbocycles. The Kier molecular flexibility index (Phi) is 8.78. The van der Waals surface area contributed by atoms with Crippen molar-refractivity contribution in [2.45, 2.75) is 50.9 Å². The third kappa shape index (κ3) is 6.92. The molecule has 1 fully saturated rings. The van der Waals surface area contributed by atoms with Crippen molar-refractivity contribution >= 4 is 0 Å². The van der Waals surface area contributed by atoms with Gasteiger partial charge in [0.05, 0.1) is 25.4 Å². The van der Waals surface area contributed by atoms with Crippen molar-refractivity contribution in [2.24, 2.45) is 0 Å². The number of nitrogens with zero attached hydrogens (tertiary/aromatic N) is 1. The zero-order valence-electron chi connectivity index (χ0n) is 10.8. The molecule has 0 spiro atoms. The fraction of sp³-hybridized carbons (Fsp3) is 0.923. The first-order valence-corrected chi connectivity index (χ1v) is 6.69. The smallest absolute Gasteiger partial charge is 0.157 e. The van der Waals surface area contributed by atoms with Gasteiger partial charge >= 0.3 is 0 Å². The molecule has 1 saturated heterocycles. The lowest BCUT2D eigenvalue weighted by molar-refractivity contribution is -0.0601. The van der Waals surface area contributed by atoms with E-state index in [4.69, 9.17) is 24.6 Å². The maximum Gasteiger partial charge on any atom is 0.157 e. The highest BCUT2D eigenvalue weighted by Crippen LogP contribution is 2.16. The molecule has 0 amide bonds. The molecule has 1 atom stereocenters. The molecule has 0 aliphatic carbocycles. The van der Waals surface area contributed by atoms with Crippen LogP contribution in [0.3, 0.4) is 0 Å². The van der Waals surface area contributed by atoms with Crippen LogP contribution in [0.25, 0.3) is 0 Å². The summed E-state index contributed by atoms with van der Waals surface area (Å²) in [7, 11) is 0. The zero-order valence-corrected chi connectivity index (χ0v) is 10.8. The SMILES string of the molecule is N#CCCC(CCC1OCCO1)OCCCCO. The van der Waals surface area contributed by atoms with E-state index >= 15 is 0 Å². The number of hydrogen-bond acceptors (Lipinski definition) is 5. The molecule has 1 aliphatic rings. The summed E-state index contributed by atoms with van der Waals surface area (Å²) in [5, 5.41) is 17.3. The molecule has 0 aromatic rings. The second kappa shape index (κ2) is 10.3. The summed E-state index contributed by atoms with van der Waals surface area (Å²) in [6.45, 7) is 2.19. The Morgan fingerprint density at radius 3 is 2.72 bits per heavy atom. The lowest BCUT2D eigenvalue weighted by Crippen LogP contribution is -2.18. The Balaban J connectivity index is 2.14. The molecule has 18 heavy (non-hydrogen) atoms. The second-order valence-electron chi connectivity index (χ2n) is 4.37. The molecule has 104 valence electrons. The maximum absolute atomic E-state index is 8.69. The summed E-state index contributed by atoms with van der Waals surface area (Å²) >= 11 is 0. The van der Waals surface area contributed by atoms with Crippen LogP contribution in [0.2, 0.25) is 0 Å². The number of rotatable bonds is 10. The van der Waals surface area contributed by atoms with Gasteiger partial charge in [-0.2, -0.15) is 5.26 Å². The van der Waals surface area contributed by atoms with Crippen LogP contribution in [0.1, 0.15) is 38.5 Å². The first kappa shape index (κ1) is 15.4. The monoisotopic (exact) mass is 257 g/mol. The van der Waals surface area contributed by atoms with Crippen LogP contribution in [0.5, 0.6) is 0 Å². The Morgan fingerprint density at radius 2 is 2.06 bits per heavy atom. The van der Waals surface area contributed by atoms with Crippen LogP contribution in [0, 0.1) is 11.3 Å². The van der Waals surface area contributed by atoms with E-state index in [0.717, 1.165) is 32.1 Å². The van der Waals surface area contributed by atoms with Crippen molar-refractivity contribution in [3.8, 4) is 6.07 Å². The van der Waals surface area contributed by atoms with E-state index in [1.54, 1.807) is 0 Å². The molecule has 5 nitrogen and oxygen atoms in total. The van der Waals surface area contributed by atoms with Crippen molar-refractivity contribution in [3.63, 3.8) is 0 Å². The lowest BCUT2D eigenvalue weighted by atomic mass is 10.1. The number of hydrogen-bond donors (Lipinski definition) is 1. The summed E-state index contributed by atoms with van der Waals surface area (Å²) in [5.74, 6) is 0. The number of aliphatic hydroxyl groups is 1. The van der Waals surface area contributed by atoms with Gasteiger partial charge in [-0.15, -0.1) is 0 Å². The fourth-order valence-corrected chi connectivity index (χ4v) is 1.90. The van der Waals surface area contributed by atoms with Crippen molar-refractivity contribution in [1.82, 2.24) is 0 Å². The van der Waals surface area contributed by atoms with Gasteiger partial charge in [0.25, 0.3) is 0 Å². The van der Waals surface area contributed by atoms with Gasteiger partial charge in [0, 0.05) is 26.1 Å². The summed E-state index contributed by atoms with van der Waals surface area (Å²) in [4.78, 5) is 0. The van der Waals surface area contributed by atoms with Gasteiger partial charge < -0.3 is 19.3 Å². The third-order valence-corrected chi connectivity index (χ3v) is 2.90. The highest BCUT2D eigenvalue weighted by atomic mass is 16.7. The molecule has 0 aromatic heterocycles. The second-order valence-corrected chi connectivity index (χ2v) is 4.37. The minimum atomic E-state index is -0.101. The van der Waals surface area contributed by atoms with Crippen LogP contribution in [-0.2, 0) is 14.2 Å². The van der Waals surface area contributed by atoms with Crippen molar-refractivity contribution in [3.05, 3.63) is 0 Å². The zero-order chi connectivity index (χ0) is 13.1. The van der Waals surface area contributed by atoms with E-state index in [9.17, 15) is 0 Å². The minimum Gasteiger partial charge on any atom is -0.396 e.